The van der Waals surface area contributed by atoms with E-state index in [1.54, 1.807) is 12.1 Å². The van der Waals surface area contributed by atoms with Crippen molar-refractivity contribution in [2.75, 3.05) is 11.9 Å². The molecule has 0 spiro atoms. The molecule has 0 saturated carbocycles. The number of anilines is 1. The van der Waals surface area contributed by atoms with E-state index in [-0.39, 0.29) is 5.92 Å². The van der Waals surface area contributed by atoms with Gasteiger partial charge < -0.3 is 5.32 Å². The van der Waals surface area contributed by atoms with E-state index in [9.17, 15) is 5.26 Å². The van der Waals surface area contributed by atoms with E-state index in [4.69, 9.17) is 34.8 Å². The normalized spacial score (nSPS) is 11.7. The van der Waals surface area contributed by atoms with Crippen LogP contribution in [0.4, 0.5) is 5.69 Å². The lowest BCUT2D eigenvalue weighted by Gasteiger charge is -2.14. The lowest BCUT2D eigenvalue weighted by atomic mass is 10.0. The summed E-state index contributed by atoms with van der Waals surface area (Å²) in [6, 6.07) is 15.0. The van der Waals surface area contributed by atoms with Gasteiger partial charge >= 0.3 is 0 Å². The predicted molar refractivity (Wildman–Crippen MR) is 84.8 cm³/mol. The summed E-state index contributed by atoms with van der Waals surface area (Å²) in [6.45, 7) is 0.418. The first kappa shape index (κ1) is 15.0. The standard InChI is InChI=1S/C15H11Cl3N2/c16-12-6-13(17)15(14(18)7-12)20-9-11(8-19)10-4-2-1-3-5-10/h1-7,11,20H,9H2. The molecule has 1 atom stereocenters. The highest BCUT2D eigenvalue weighted by molar-refractivity contribution is 6.41. The highest BCUT2D eigenvalue weighted by Gasteiger charge is 2.13. The Kier molecular flexibility index (Phi) is 5.14. The molecule has 0 amide bonds. The van der Waals surface area contributed by atoms with Gasteiger partial charge in [-0.15, -0.1) is 0 Å². The average molecular weight is 326 g/mol. The molecule has 1 N–H and O–H groups in total. The largest absolute Gasteiger partial charge is 0.381 e. The number of halogens is 3. The van der Waals surface area contributed by atoms with Crippen LogP contribution >= 0.6 is 34.8 Å². The second-order valence-electron chi connectivity index (χ2n) is 4.22. The Bertz CT molecular complexity index is 612. The molecular weight excluding hydrogens is 315 g/mol. The molecular formula is C15H11Cl3N2. The molecule has 102 valence electrons. The number of nitriles is 1. The minimum atomic E-state index is -0.279. The zero-order valence-corrected chi connectivity index (χ0v) is 12.7. The first-order valence-corrected chi connectivity index (χ1v) is 7.08. The predicted octanol–water partition coefficient (Wildman–Crippen LogP) is 5.37. The maximum Gasteiger partial charge on any atom is 0.0885 e. The van der Waals surface area contributed by atoms with Crippen LogP contribution in [-0.2, 0) is 0 Å². The summed E-state index contributed by atoms with van der Waals surface area (Å²) in [7, 11) is 0. The molecule has 1 unspecified atom stereocenters. The van der Waals surface area contributed by atoms with E-state index in [0.29, 0.717) is 27.3 Å². The van der Waals surface area contributed by atoms with Crippen LogP contribution in [0.2, 0.25) is 15.1 Å². The van der Waals surface area contributed by atoms with Gasteiger partial charge in [-0.1, -0.05) is 65.1 Å². The van der Waals surface area contributed by atoms with Gasteiger partial charge in [0.2, 0.25) is 0 Å². The Morgan fingerprint density at radius 2 is 1.65 bits per heavy atom. The van der Waals surface area contributed by atoms with E-state index in [1.165, 1.54) is 0 Å². The summed E-state index contributed by atoms with van der Waals surface area (Å²) < 4.78 is 0. The molecule has 2 aromatic carbocycles. The van der Waals surface area contributed by atoms with E-state index >= 15 is 0 Å². The Morgan fingerprint density at radius 1 is 1.05 bits per heavy atom. The molecule has 5 heteroatoms. The number of rotatable bonds is 4. The highest BCUT2D eigenvalue weighted by atomic mass is 35.5. The van der Waals surface area contributed by atoms with Crippen molar-refractivity contribution in [2.45, 2.75) is 5.92 Å². The minimum absolute atomic E-state index is 0.279. The molecule has 0 saturated heterocycles. The third-order valence-corrected chi connectivity index (χ3v) is 3.66. The van der Waals surface area contributed by atoms with Crippen LogP contribution in [0, 0.1) is 11.3 Å². The third kappa shape index (κ3) is 3.58. The van der Waals surface area contributed by atoms with Crippen LogP contribution in [0.5, 0.6) is 0 Å². The highest BCUT2D eigenvalue weighted by Crippen LogP contribution is 2.34. The number of nitrogens with one attached hydrogen (secondary N) is 1. The maximum atomic E-state index is 9.26. The molecule has 0 aliphatic heterocycles. The molecule has 2 rings (SSSR count). The molecule has 0 heterocycles. The van der Waals surface area contributed by atoms with Crippen molar-refractivity contribution in [1.29, 1.82) is 5.26 Å². The van der Waals surface area contributed by atoms with Crippen LogP contribution in [0.25, 0.3) is 0 Å². The summed E-state index contributed by atoms with van der Waals surface area (Å²) in [5.74, 6) is -0.279. The van der Waals surface area contributed by atoms with Gasteiger partial charge in [-0.2, -0.15) is 5.26 Å². The van der Waals surface area contributed by atoms with Gasteiger partial charge in [0.1, 0.15) is 0 Å². The van der Waals surface area contributed by atoms with Gasteiger partial charge in [0.25, 0.3) is 0 Å². The van der Waals surface area contributed by atoms with Gasteiger partial charge in [-0.25, -0.2) is 0 Å². The van der Waals surface area contributed by atoms with Gasteiger partial charge in [0.15, 0.2) is 0 Å². The van der Waals surface area contributed by atoms with Crippen LogP contribution < -0.4 is 5.32 Å². The molecule has 0 aromatic heterocycles. The van der Waals surface area contributed by atoms with Crippen LogP contribution in [0.1, 0.15) is 11.5 Å². The molecule has 20 heavy (non-hydrogen) atoms. The van der Waals surface area contributed by atoms with Gasteiger partial charge in [-0.3, -0.25) is 0 Å². The Labute approximate surface area is 132 Å². The molecule has 0 aliphatic rings. The number of nitrogens with zero attached hydrogens (tertiary/aromatic N) is 1. The van der Waals surface area contributed by atoms with Gasteiger partial charge in [-0.05, 0) is 17.7 Å². The molecule has 2 nitrogen and oxygen atoms in total. The smallest absolute Gasteiger partial charge is 0.0885 e. The first-order valence-electron chi connectivity index (χ1n) is 5.95. The fourth-order valence-corrected chi connectivity index (χ4v) is 2.79. The van der Waals surface area contributed by atoms with Crippen molar-refractivity contribution in [2.24, 2.45) is 0 Å². The zero-order chi connectivity index (χ0) is 14.5. The van der Waals surface area contributed by atoms with Crippen molar-refractivity contribution < 1.29 is 0 Å². The van der Waals surface area contributed by atoms with E-state index in [0.717, 1.165) is 5.56 Å². The summed E-state index contributed by atoms with van der Waals surface area (Å²) in [5.41, 5.74) is 1.54. The molecule has 0 fully saturated rings. The van der Waals surface area contributed by atoms with Crippen molar-refractivity contribution in [3.63, 3.8) is 0 Å². The Hall–Kier alpha value is -1.40. The molecule has 0 bridgehead atoms. The minimum Gasteiger partial charge on any atom is -0.381 e. The van der Waals surface area contributed by atoms with Crippen molar-refractivity contribution in [1.82, 2.24) is 0 Å². The van der Waals surface area contributed by atoms with Gasteiger partial charge in [0.05, 0.1) is 27.7 Å². The number of benzene rings is 2. The third-order valence-electron chi connectivity index (χ3n) is 2.85. The summed E-state index contributed by atoms with van der Waals surface area (Å²) in [5, 5.41) is 13.7. The van der Waals surface area contributed by atoms with Crippen molar-refractivity contribution >= 4 is 40.5 Å². The zero-order valence-electron chi connectivity index (χ0n) is 10.4. The summed E-state index contributed by atoms with van der Waals surface area (Å²) in [6.07, 6.45) is 0. The SMILES string of the molecule is N#CC(CNc1c(Cl)cc(Cl)cc1Cl)c1ccccc1. The molecule has 0 aliphatic carbocycles. The van der Waals surface area contributed by atoms with Crippen molar-refractivity contribution in [3.05, 3.63) is 63.1 Å². The fourth-order valence-electron chi connectivity index (χ4n) is 1.84. The van der Waals surface area contributed by atoms with Crippen molar-refractivity contribution in [3.8, 4) is 6.07 Å². The van der Waals surface area contributed by atoms with Crippen LogP contribution in [-0.4, -0.2) is 6.54 Å². The second kappa shape index (κ2) is 6.85. The number of hydrogen-bond donors (Lipinski definition) is 1. The first-order chi connectivity index (χ1) is 9.61. The van der Waals surface area contributed by atoms with E-state index in [1.807, 2.05) is 30.3 Å². The Morgan fingerprint density at radius 3 is 2.20 bits per heavy atom. The number of hydrogen-bond acceptors (Lipinski definition) is 2. The van der Waals surface area contributed by atoms with E-state index < -0.39 is 0 Å². The summed E-state index contributed by atoms with van der Waals surface area (Å²) >= 11 is 18.0. The maximum absolute atomic E-state index is 9.26. The second-order valence-corrected chi connectivity index (χ2v) is 5.47. The average Bonchev–Trinajstić information content (AvgIpc) is 2.43. The lowest BCUT2D eigenvalue weighted by molar-refractivity contribution is 0.901. The van der Waals surface area contributed by atoms with Gasteiger partial charge in [0, 0.05) is 11.6 Å². The fraction of sp³-hybridized carbons (Fsp3) is 0.133. The summed E-state index contributed by atoms with van der Waals surface area (Å²) in [4.78, 5) is 0. The molecule has 0 radical (unpaired) electrons. The van der Waals surface area contributed by atoms with Crippen LogP contribution in [0.3, 0.4) is 0 Å². The quantitative estimate of drug-likeness (QED) is 0.820. The van der Waals surface area contributed by atoms with E-state index in [2.05, 4.69) is 11.4 Å². The lowest BCUT2D eigenvalue weighted by Crippen LogP contribution is -2.11. The topological polar surface area (TPSA) is 35.8 Å². The molecule has 2 aromatic rings. The van der Waals surface area contributed by atoms with Crippen LogP contribution in [0.15, 0.2) is 42.5 Å². The Balaban J connectivity index is 2.14. The monoisotopic (exact) mass is 324 g/mol.